The molecule has 1 aromatic carbocycles. The Morgan fingerprint density at radius 1 is 1.13 bits per heavy atom. The van der Waals surface area contributed by atoms with Gasteiger partial charge in [-0.1, -0.05) is 19.8 Å². The van der Waals surface area contributed by atoms with E-state index in [1.54, 1.807) is 21.3 Å². The number of benzene rings is 1. The largest absolute Gasteiger partial charge is 0.493 e. The molecule has 0 amide bonds. The van der Waals surface area contributed by atoms with Crippen molar-refractivity contribution in [3.05, 3.63) is 12.1 Å². The summed E-state index contributed by atoms with van der Waals surface area (Å²) in [6.07, 6.45) is 4.67. The minimum absolute atomic E-state index is 0.305. The summed E-state index contributed by atoms with van der Waals surface area (Å²) in [5.74, 6) is 2.57. The summed E-state index contributed by atoms with van der Waals surface area (Å²) in [5, 5.41) is 0. The second-order valence-corrected chi connectivity index (χ2v) is 6.18. The predicted molar refractivity (Wildman–Crippen MR) is 93.9 cm³/mol. The third kappa shape index (κ3) is 4.02. The van der Waals surface area contributed by atoms with Crippen molar-refractivity contribution in [3.8, 4) is 17.2 Å². The third-order valence-corrected chi connectivity index (χ3v) is 4.74. The van der Waals surface area contributed by atoms with Gasteiger partial charge in [0.25, 0.3) is 0 Å². The number of anilines is 1. The van der Waals surface area contributed by atoms with E-state index < -0.39 is 0 Å². The van der Waals surface area contributed by atoms with Gasteiger partial charge in [-0.05, 0) is 18.8 Å². The molecule has 1 aliphatic heterocycles. The number of unbranched alkanes of at least 4 members (excludes halogenated alkanes) is 1. The second-order valence-electron chi connectivity index (χ2n) is 6.18. The molecular formula is C18H30N2O3. The van der Waals surface area contributed by atoms with Gasteiger partial charge in [-0.2, -0.15) is 0 Å². The zero-order valence-electron chi connectivity index (χ0n) is 14.8. The van der Waals surface area contributed by atoms with E-state index in [0.29, 0.717) is 29.2 Å². The summed E-state index contributed by atoms with van der Waals surface area (Å²) in [6.45, 7) is 4.17. The van der Waals surface area contributed by atoms with E-state index in [0.717, 1.165) is 25.2 Å². The van der Waals surface area contributed by atoms with Crippen LogP contribution in [0.25, 0.3) is 0 Å². The Hall–Kier alpha value is -1.62. The molecule has 23 heavy (non-hydrogen) atoms. The Morgan fingerprint density at radius 3 is 2.30 bits per heavy atom. The number of nitrogens with zero attached hydrogens (tertiary/aromatic N) is 1. The summed E-state index contributed by atoms with van der Waals surface area (Å²) in [7, 11) is 4.93. The Morgan fingerprint density at radius 2 is 1.78 bits per heavy atom. The molecule has 2 atom stereocenters. The third-order valence-electron chi connectivity index (χ3n) is 4.74. The minimum atomic E-state index is 0.305. The molecule has 5 nitrogen and oxygen atoms in total. The fourth-order valence-electron chi connectivity index (χ4n) is 3.31. The van der Waals surface area contributed by atoms with Gasteiger partial charge in [0.15, 0.2) is 11.5 Å². The normalized spacial score (nSPS) is 21.2. The van der Waals surface area contributed by atoms with Gasteiger partial charge in [-0.3, -0.25) is 0 Å². The molecule has 1 aromatic rings. The van der Waals surface area contributed by atoms with E-state index in [1.807, 2.05) is 12.1 Å². The molecule has 0 saturated carbocycles. The van der Waals surface area contributed by atoms with Crippen molar-refractivity contribution in [2.24, 2.45) is 11.7 Å². The Labute approximate surface area is 139 Å². The van der Waals surface area contributed by atoms with Gasteiger partial charge >= 0.3 is 0 Å². The van der Waals surface area contributed by atoms with Crippen LogP contribution in [0.2, 0.25) is 0 Å². The first kappa shape index (κ1) is 17.7. The Bertz CT molecular complexity index is 482. The molecular weight excluding hydrogens is 292 g/mol. The maximum Gasteiger partial charge on any atom is 0.203 e. The Kier molecular flexibility index (Phi) is 6.39. The Balaban J connectivity index is 2.23. The van der Waals surface area contributed by atoms with Crippen LogP contribution < -0.4 is 24.8 Å². The van der Waals surface area contributed by atoms with Gasteiger partial charge in [0, 0.05) is 37.0 Å². The first-order valence-electron chi connectivity index (χ1n) is 8.45. The number of piperidine rings is 1. The lowest BCUT2D eigenvalue weighted by molar-refractivity contribution is 0.320. The van der Waals surface area contributed by atoms with Gasteiger partial charge in [-0.15, -0.1) is 0 Å². The van der Waals surface area contributed by atoms with Crippen LogP contribution in [0.4, 0.5) is 5.69 Å². The molecule has 2 N–H and O–H groups in total. The van der Waals surface area contributed by atoms with Gasteiger partial charge < -0.3 is 24.8 Å². The van der Waals surface area contributed by atoms with Crippen molar-refractivity contribution < 1.29 is 14.2 Å². The molecule has 0 bridgehead atoms. The summed E-state index contributed by atoms with van der Waals surface area (Å²) in [5.41, 5.74) is 7.43. The quantitative estimate of drug-likeness (QED) is 0.836. The summed E-state index contributed by atoms with van der Waals surface area (Å²) < 4.78 is 16.3. The predicted octanol–water partition coefficient (Wildman–Crippen LogP) is 3.06. The van der Waals surface area contributed by atoms with Gasteiger partial charge in [-0.25, -0.2) is 0 Å². The number of methoxy groups -OCH3 is 3. The highest BCUT2D eigenvalue weighted by Gasteiger charge is 2.27. The molecule has 130 valence electrons. The lowest BCUT2D eigenvalue weighted by Crippen LogP contribution is -2.47. The van der Waals surface area contributed by atoms with Crippen LogP contribution in [-0.2, 0) is 0 Å². The fraction of sp³-hybridized carbons (Fsp3) is 0.667. The molecule has 1 heterocycles. The number of hydrogen-bond acceptors (Lipinski definition) is 5. The summed E-state index contributed by atoms with van der Waals surface area (Å²) in [6, 6.07) is 4.35. The first-order valence-corrected chi connectivity index (χ1v) is 8.45. The second kappa shape index (κ2) is 8.29. The number of rotatable bonds is 7. The molecule has 0 unspecified atom stereocenters. The van der Waals surface area contributed by atoms with E-state index in [4.69, 9.17) is 19.9 Å². The van der Waals surface area contributed by atoms with Gasteiger partial charge in [0.1, 0.15) is 0 Å². The molecule has 0 aliphatic carbocycles. The maximum atomic E-state index is 6.32. The van der Waals surface area contributed by atoms with Gasteiger partial charge in [0.05, 0.1) is 21.3 Å². The summed E-state index contributed by atoms with van der Waals surface area (Å²) in [4.78, 5) is 2.38. The first-order chi connectivity index (χ1) is 11.1. The monoisotopic (exact) mass is 322 g/mol. The number of nitrogens with two attached hydrogens (primary N) is 1. The highest BCUT2D eigenvalue weighted by molar-refractivity contribution is 5.63. The smallest absolute Gasteiger partial charge is 0.203 e. The van der Waals surface area contributed by atoms with Crippen molar-refractivity contribution in [1.29, 1.82) is 0 Å². The van der Waals surface area contributed by atoms with Crippen molar-refractivity contribution in [3.63, 3.8) is 0 Å². The van der Waals surface area contributed by atoms with Crippen molar-refractivity contribution in [2.45, 2.75) is 38.6 Å². The van der Waals surface area contributed by atoms with E-state index in [2.05, 4.69) is 11.8 Å². The zero-order valence-corrected chi connectivity index (χ0v) is 14.8. The van der Waals surface area contributed by atoms with E-state index >= 15 is 0 Å². The van der Waals surface area contributed by atoms with Crippen LogP contribution in [0, 0.1) is 5.92 Å². The van der Waals surface area contributed by atoms with Crippen molar-refractivity contribution >= 4 is 5.69 Å². The van der Waals surface area contributed by atoms with Crippen LogP contribution >= 0.6 is 0 Å². The molecule has 0 radical (unpaired) electrons. The average Bonchev–Trinajstić information content (AvgIpc) is 2.59. The van der Waals surface area contributed by atoms with Crippen molar-refractivity contribution in [2.75, 3.05) is 39.3 Å². The van der Waals surface area contributed by atoms with Crippen LogP contribution in [-0.4, -0.2) is 40.5 Å². The molecule has 1 fully saturated rings. The minimum Gasteiger partial charge on any atom is -0.493 e. The number of hydrogen-bond donors (Lipinski definition) is 1. The van der Waals surface area contributed by atoms with Crippen molar-refractivity contribution in [1.82, 2.24) is 0 Å². The maximum absolute atomic E-state index is 6.32. The lowest BCUT2D eigenvalue weighted by Gasteiger charge is -2.38. The van der Waals surface area contributed by atoms with Crippen LogP contribution in [0.15, 0.2) is 12.1 Å². The molecule has 5 heteroatoms. The lowest BCUT2D eigenvalue weighted by atomic mass is 9.88. The molecule has 0 spiro atoms. The van der Waals surface area contributed by atoms with E-state index in [-0.39, 0.29) is 0 Å². The molecule has 2 rings (SSSR count). The summed E-state index contributed by atoms with van der Waals surface area (Å²) >= 11 is 0. The van der Waals surface area contributed by atoms with Gasteiger partial charge in [0.2, 0.25) is 5.75 Å². The molecule has 1 aliphatic rings. The van der Waals surface area contributed by atoms with Crippen LogP contribution in [0.3, 0.4) is 0 Å². The van der Waals surface area contributed by atoms with Crippen LogP contribution in [0.5, 0.6) is 17.2 Å². The molecule has 1 saturated heterocycles. The fourth-order valence-corrected chi connectivity index (χ4v) is 3.31. The molecule has 0 aromatic heterocycles. The topological polar surface area (TPSA) is 57.0 Å². The zero-order chi connectivity index (χ0) is 16.8. The van der Waals surface area contributed by atoms with E-state index in [1.165, 1.54) is 19.3 Å². The van der Waals surface area contributed by atoms with E-state index in [9.17, 15) is 0 Å². The highest BCUT2D eigenvalue weighted by atomic mass is 16.5. The number of ether oxygens (including phenoxy) is 3. The standard InChI is InChI=1S/C18H30N2O3/c1-5-6-7-13-12-20(9-8-15(13)19)14-10-16(21-2)18(23-4)17(11-14)22-3/h10-11,13,15H,5-9,12,19H2,1-4H3/t13-,15-/m1/s1. The van der Waals surface area contributed by atoms with Crippen LogP contribution in [0.1, 0.15) is 32.6 Å². The highest BCUT2D eigenvalue weighted by Crippen LogP contribution is 2.41. The SMILES string of the molecule is CCCC[C@@H]1CN(c2cc(OC)c(OC)c(OC)c2)CC[C@H]1N. The average molecular weight is 322 g/mol.